The Morgan fingerprint density at radius 1 is 0.410 bits per heavy atom. The molecule has 4 aromatic rings. The normalized spacial score (nSPS) is 24.8. The van der Waals surface area contributed by atoms with Gasteiger partial charge in [-0.3, -0.25) is 19.6 Å². The molecule has 2 aromatic heterocycles. The number of nitrogens with zero attached hydrogens (tertiary/aromatic N) is 8. The van der Waals surface area contributed by atoms with E-state index in [1.54, 1.807) is 0 Å². The fourth-order valence-electron chi connectivity index (χ4n) is 11.6. The van der Waals surface area contributed by atoms with E-state index in [-0.39, 0.29) is 48.6 Å². The Morgan fingerprint density at radius 3 is 0.987 bits per heavy atom. The first-order chi connectivity index (χ1) is 37.0. The standard InChI is InChI=1S/C66H112N8O4/c1-47(2)31-59-43-75-53(13)37-69(15)62(34-50(7)8)46-78-64(36-56-21-25-58(26-22-56)40-74-30-28-68-66(74)52(11)12)42-72(18)60(32-48(3)4)44-76-54(14)38-70(16)61(33-49(5)6)45-77-63(41-71(59)17)35-55-19-23-57(24-20-55)39-73-29-27-67-65(73)51(9)10/h19-30,47-54,59-64H,31-46H2,1-18H3/t53-,54-,59+,60+,61+,62+,63-,64-/m1/s1. The molecule has 0 radical (unpaired) electrons. The van der Waals surface area contributed by atoms with Crippen LogP contribution in [0.2, 0.25) is 0 Å². The molecule has 5 rings (SSSR count). The average molecular weight is 1080 g/mol. The van der Waals surface area contributed by atoms with Crippen LogP contribution in [0.4, 0.5) is 0 Å². The second kappa shape index (κ2) is 32.8. The number of imidazole rings is 2. The van der Waals surface area contributed by atoms with Gasteiger partial charge in [-0.15, -0.1) is 0 Å². The van der Waals surface area contributed by atoms with Crippen molar-refractivity contribution in [1.29, 1.82) is 0 Å². The molecule has 2 aromatic carbocycles. The summed E-state index contributed by atoms with van der Waals surface area (Å²) in [6.45, 7) is 39.7. The van der Waals surface area contributed by atoms with Gasteiger partial charge in [-0.05, 0) is 126 Å². The van der Waals surface area contributed by atoms with E-state index in [9.17, 15) is 0 Å². The molecule has 78 heavy (non-hydrogen) atoms. The lowest BCUT2D eigenvalue weighted by molar-refractivity contribution is -0.0536. The van der Waals surface area contributed by atoms with E-state index in [1.807, 2.05) is 12.4 Å². The molecule has 1 aliphatic heterocycles. The molecule has 0 unspecified atom stereocenters. The predicted molar refractivity (Wildman–Crippen MR) is 325 cm³/mol. The largest absolute Gasteiger partial charge is 0.376 e. The van der Waals surface area contributed by atoms with Crippen molar-refractivity contribution in [1.82, 2.24) is 38.7 Å². The van der Waals surface area contributed by atoms with Gasteiger partial charge in [0, 0.05) is 100 Å². The van der Waals surface area contributed by atoms with E-state index >= 15 is 0 Å². The Morgan fingerprint density at radius 2 is 0.692 bits per heavy atom. The lowest BCUT2D eigenvalue weighted by Crippen LogP contribution is -2.47. The second-order valence-corrected chi connectivity index (χ2v) is 26.3. The Kier molecular flexibility index (Phi) is 27.5. The third kappa shape index (κ3) is 22.5. The number of ether oxygens (including phenoxy) is 4. The van der Waals surface area contributed by atoms with Crippen molar-refractivity contribution < 1.29 is 18.9 Å². The van der Waals surface area contributed by atoms with Crippen LogP contribution in [0.25, 0.3) is 0 Å². The van der Waals surface area contributed by atoms with Gasteiger partial charge in [0.05, 0.1) is 50.8 Å². The summed E-state index contributed by atoms with van der Waals surface area (Å²) < 4.78 is 32.8. The maximum Gasteiger partial charge on any atom is 0.111 e. The van der Waals surface area contributed by atoms with Crippen molar-refractivity contribution in [3.63, 3.8) is 0 Å². The van der Waals surface area contributed by atoms with Crippen molar-refractivity contribution >= 4 is 0 Å². The van der Waals surface area contributed by atoms with Crippen molar-refractivity contribution in [2.75, 3.05) is 80.8 Å². The topological polar surface area (TPSA) is 85.5 Å². The highest BCUT2D eigenvalue weighted by Crippen LogP contribution is 2.23. The molecular formula is C66H112N8O4. The van der Waals surface area contributed by atoms with E-state index in [0.29, 0.717) is 61.9 Å². The van der Waals surface area contributed by atoms with Gasteiger partial charge in [-0.1, -0.05) is 132 Å². The second-order valence-electron chi connectivity index (χ2n) is 26.3. The number of rotatable bonds is 18. The van der Waals surface area contributed by atoms with E-state index in [2.05, 4.69) is 225 Å². The molecule has 12 heteroatoms. The SMILES string of the molecule is CC(C)C[C@H]1CO[C@H](C)CN(C)[C@@H](CC(C)C)CO[C@H](Cc2ccc(Cn3ccnc3C(C)C)cc2)CN(C)[C@@H](CC(C)C)CO[C@H](C)CN(C)[C@@H](CC(C)C)CO[C@H](Cc2ccc(Cn3ccnc3C(C)C)cc2)CN1C. The molecule has 1 aliphatic rings. The number of benzene rings is 2. The van der Waals surface area contributed by atoms with Crippen molar-refractivity contribution in [2.24, 2.45) is 23.7 Å². The van der Waals surface area contributed by atoms with E-state index in [1.165, 1.54) is 22.3 Å². The lowest BCUT2D eigenvalue weighted by Gasteiger charge is -2.37. The van der Waals surface area contributed by atoms with Crippen LogP contribution in [-0.2, 0) is 44.9 Å². The molecular weight excluding hydrogens is 969 g/mol. The Balaban J connectivity index is 1.41. The number of hydrogen-bond acceptors (Lipinski definition) is 10. The minimum absolute atomic E-state index is 0.000752. The van der Waals surface area contributed by atoms with Gasteiger partial charge in [0.1, 0.15) is 11.6 Å². The summed E-state index contributed by atoms with van der Waals surface area (Å²) in [4.78, 5) is 19.4. The number of likely N-dealkylation sites (N-methyl/N-ethyl adjacent to an activating group) is 4. The zero-order valence-corrected chi connectivity index (χ0v) is 52.5. The minimum atomic E-state index is 0.000752. The van der Waals surface area contributed by atoms with Crippen molar-refractivity contribution in [2.45, 2.75) is 209 Å². The van der Waals surface area contributed by atoms with Gasteiger partial charge in [-0.25, -0.2) is 9.97 Å². The summed E-state index contributed by atoms with van der Waals surface area (Å²) in [6, 6.07) is 19.4. The summed E-state index contributed by atoms with van der Waals surface area (Å²) in [5, 5.41) is 0. The molecule has 0 bridgehead atoms. The first kappa shape index (κ1) is 65.4. The van der Waals surface area contributed by atoms with Crippen LogP contribution < -0.4 is 0 Å². The van der Waals surface area contributed by atoms with Gasteiger partial charge in [0.25, 0.3) is 0 Å². The maximum atomic E-state index is 7.22. The fraction of sp³-hybridized carbons (Fsp3) is 0.727. The van der Waals surface area contributed by atoms with Crippen LogP contribution in [0.3, 0.4) is 0 Å². The number of hydrogen-bond donors (Lipinski definition) is 0. The van der Waals surface area contributed by atoms with Gasteiger partial charge in [-0.2, -0.15) is 0 Å². The molecule has 440 valence electrons. The minimum Gasteiger partial charge on any atom is -0.376 e. The van der Waals surface area contributed by atoms with Crippen LogP contribution in [0, 0.1) is 23.7 Å². The summed E-state index contributed by atoms with van der Waals surface area (Å²) in [5.74, 6) is 5.09. The Hall–Kier alpha value is -3.46. The van der Waals surface area contributed by atoms with E-state index in [4.69, 9.17) is 18.9 Å². The van der Waals surface area contributed by atoms with Gasteiger partial charge >= 0.3 is 0 Å². The van der Waals surface area contributed by atoms with Gasteiger partial charge < -0.3 is 28.1 Å². The predicted octanol–water partition coefficient (Wildman–Crippen LogP) is 12.2. The summed E-state index contributed by atoms with van der Waals surface area (Å²) in [5.41, 5.74) is 5.16. The molecule has 0 saturated carbocycles. The van der Waals surface area contributed by atoms with E-state index < -0.39 is 0 Å². The molecule has 3 heterocycles. The van der Waals surface area contributed by atoms with Crippen LogP contribution >= 0.6 is 0 Å². The Bertz CT molecular complexity index is 2050. The van der Waals surface area contributed by atoms with E-state index in [0.717, 1.165) is 89.4 Å². The lowest BCUT2D eigenvalue weighted by atomic mass is 10.0. The molecule has 0 aliphatic carbocycles. The number of aromatic nitrogens is 4. The monoisotopic (exact) mass is 1080 g/mol. The molecule has 12 nitrogen and oxygen atoms in total. The van der Waals surface area contributed by atoms with Crippen LogP contribution in [0.15, 0.2) is 73.3 Å². The first-order valence-corrected chi connectivity index (χ1v) is 30.5. The smallest absolute Gasteiger partial charge is 0.111 e. The summed E-state index contributed by atoms with van der Waals surface area (Å²) in [7, 11) is 9.14. The molecule has 8 atom stereocenters. The Labute approximate surface area is 476 Å². The van der Waals surface area contributed by atoms with Crippen molar-refractivity contribution in [3.8, 4) is 0 Å². The highest BCUT2D eigenvalue weighted by atomic mass is 16.5. The maximum absolute atomic E-state index is 7.22. The molecule has 0 amide bonds. The first-order valence-electron chi connectivity index (χ1n) is 30.5. The highest BCUT2D eigenvalue weighted by molar-refractivity contribution is 5.25. The van der Waals surface area contributed by atoms with Crippen molar-refractivity contribution in [3.05, 3.63) is 107 Å². The summed E-state index contributed by atoms with van der Waals surface area (Å²) in [6.07, 6.45) is 14.0. The van der Waals surface area contributed by atoms with Gasteiger partial charge in [0.15, 0.2) is 0 Å². The van der Waals surface area contributed by atoms with Crippen LogP contribution in [0.5, 0.6) is 0 Å². The molecule has 1 saturated heterocycles. The third-order valence-electron chi connectivity index (χ3n) is 15.9. The summed E-state index contributed by atoms with van der Waals surface area (Å²) >= 11 is 0. The molecule has 0 N–H and O–H groups in total. The average Bonchev–Trinajstić information content (AvgIpc) is 4.05. The highest BCUT2D eigenvalue weighted by Gasteiger charge is 2.29. The van der Waals surface area contributed by atoms with Gasteiger partial charge in [0.2, 0.25) is 0 Å². The zero-order valence-electron chi connectivity index (χ0n) is 52.5. The van der Waals surface area contributed by atoms with Crippen LogP contribution in [0.1, 0.15) is 168 Å². The quantitative estimate of drug-likeness (QED) is 0.0960. The third-order valence-corrected chi connectivity index (χ3v) is 15.9. The fourth-order valence-corrected chi connectivity index (χ4v) is 11.6. The molecule has 0 spiro atoms. The molecule has 1 fully saturated rings. The zero-order chi connectivity index (χ0) is 57.1. The van der Waals surface area contributed by atoms with Crippen LogP contribution in [-0.4, -0.2) is 168 Å².